The van der Waals surface area contributed by atoms with Crippen LogP contribution in [0, 0.1) is 30.6 Å². The number of aromatic hydroxyl groups is 3. The third-order valence-corrected chi connectivity index (χ3v) is 13.5. The standard InChI is InChI=1S/C51H64N4O13/c1-25-16-15-17-26(2)49(63)53-40-35(22-52-54-23-27(3)55(28(4)24-54)50(64)34-18-13-12-14-19-34)44(60)37-38(45(40)61)43(59)32(8)47-39(37)48(62)51(10,68-47)66-21-20-36(65-11)29(5)46(67-33(9)56)31(7)42(58)30(6)41(25)57/h12-22,25,27-31,36,41-42,46,57-61H,23-24H2,1-11H3,(H,53,63)/b16-15?,21-20?,26-17?,52-22+. The molecule has 3 aromatic carbocycles. The minimum Gasteiger partial charge on any atom is -0.507 e. The van der Waals surface area contributed by atoms with Crippen LogP contribution in [0.3, 0.4) is 0 Å². The Hall–Kier alpha value is -6.43. The Morgan fingerprint density at radius 1 is 0.882 bits per heavy atom. The lowest BCUT2D eigenvalue weighted by molar-refractivity contribution is -0.160. The van der Waals surface area contributed by atoms with E-state index >= 15 is 0 Å². The molecule has 11 unspecified atom stereocenters. The van der Waals surface area contributed by atoms with Gasteiger partial charge in [-0.3, -0.25) is 24.2 Å². The lowest BCUT2D eigenvalue weighted by atomic mass is 9.78. The van der Waals surface area contributed by atoms with Gasteiger partial charge in [0.2, 0.25) is 0 Å². The average Bonchev–Trinajstić information content (AvgIpc) is 3.56. The number of hydrogen-bond acceptors (Lipinski definition) is 15. The highest BCUT2D eigenvalue weighted by atomic mass is 16.7. The van der Waals surface area contributed by atoms with Crippen LogP contribution in [0.15, 0.2) is 71.6 Å². The summed E-state index contributed by atoms with van der Waals surface area (Å²) in [5, 5.41) is 67.6. The molecule has 4 aliphatic heterocycles. The Labute approximate surface area is 396 Å². The molecule has 2 amide bonds. The normalized spacial score (nSPS) is 29.5. The fraction of sp³-hybridized carbons (Fsp3) is 0.471. The lowest BCUT2D eigenvalue weighted by Crippen LogP contribution is -2.57. The fourth-order valence-electron chi connectivity index (χ4n) is 9.53. The molecule has 4 aliphatic rings. The van der Waals surface area contributed by atoms with E-state index in [2.05, 4.69) is 10.4 Å². The van der Waals surface area contributed by atoms with E-state index in [0.717, 1.165) is 0 Å². The first-order chi connectivity index (χ1) is 32.0. The Kier molecular flexibility index (Phi) is 15.3. The van der Waals surface area contributed by atoms with Gasteiger partial charge >= 0.3 is 11.8 Å². The molecule has 6 N–H and O–H groups in total. The van der Waals surface area contributed by atoms with E-state index in [-0.39, 0.29) is 75.6 Å². The van der Waals surface area contributed by atoms with Gasteiger partial charge in [0.1, 0.15) is 23.4 Å². The largest absolute Gasteiger partial charge is 0.507 e. The second-order valence-electron chi connectivity index (χ2n) is 18.5. The topological polar surface area (TPSA) is 237 Å². The van der Waals surface area contributed by atoms with E-state index in [9.17, 15) is 44.7 Å². The van der Waals surface area contributed by atoms with Crippen molar-refractivity contribution in [2.45, 2.75) is 112 Å². The fourth-order valence-corrected chi connectivity index (χ4v) is 9.53. The number of amides is 2. The minimum absolute atomic E-state index is 0.0221. The molecule has 366 valence electrons. The van der Waals surface area contributed by atoms with Crippen molar-refractivity contribution in [3.8, 4) is 23.0 Å². The Morgan fingerprint density at radius 2 is 1.53 bits per heavy atom. The number of aliphatic hydroxyl groups excluding tert-OH is 2. The molecule has 1 saturated heterocycles. The van der Waals surface area contributed by atoms with Crippen LogP contribution >= 0.6 is 0 Å². The van der Waals surface area contributed by atoms with Gasteiger partial charge in [0, 0.05) is 78.8 Å². The van der Waals surface area contributed by atoms with Gasteiger partial charge < -0.3 is 54.7 Å². The molecular weight excluding hydrogens is 877 g/mol. The minimum atomic E-state index is -2.09. The van der Waals surface area contributed by atoms with Crippen LogP contribution in [-0.4, -0.2) is 128 Å². The van der Waals surface area contributed by atoms with Crippen LogP contribution in [-0.2, 0) is 23.8 Å². The highest BCUT2D eigenvalue weighted by molar-refractivity contribution is 6.24. The maximum absolute atomic E-state index is 14.6. The molecule has 17 nitrogen and oxygen atoms in total. The summed E-state index contributed by atoms with van der Waals surface area (Å²) < 4.78 is 23.7. The summed E-state index contributed by atoms with van der Waals surface area (Å²) in [6.07, 6.45) is 4.62. The maximum atomic E-state index is 14.6. The van der Waals surface area contributed by atoms with Crippen LogP contribution in [0.4, 0.5) is 5.69 Å². The number of allylic oxidation sites excluding steroid dienone is 2. The number of rotatable bonds is 5. The number of hydrogen-bond donors (Lipinski definition) is 6. The smallest absolute Gasteiger partial charge is 0.312 e. The first-order valence-electron chi connectivity index (χ1n) is 22.8. The van der Waals surface area contributed by atoms with E-state index in [4.69, 9.17) is 18.9 Å². The Morgan fingerprint density at radius 3 is 2.15 bits per heavy atom. The molecule has 11 atom stereocenters. The van der Waals surface area contributed by atoms with Gasteiger partial charge in [-0.2, -0.15) is 5.10 Å². The second-order valence-corrected chi connectivity index (χ2v) is 18.5. The third kappa shape index (κ3) is 9.78. The predicted molar refractivity (Wildman–Crippen MR) is 255 cm³/mol. The van der Waals surface area contributed by atoms with Gasteiger partial charge in [-0.15, -0.1) is 0 Å². The molecule has 0 saturated carbocycles. The summed E-state index contributed by atoms with van der Waals surface area (Å²) >= 11 is 0. The molecule has 0 spiro atoms. The molecular formula is C51H64N4O13. The van der Waals surface area contributed by atoms with Gasteiger partial charge in [-0.05, 0) is 45.9 Å². The van der Waals surface area contributed by atoms with Crippen molar-refractivity contribution >= 4 is 46.2 Å². The van der Waals surface area contributed by atoms with Crippen LogP contribution in [0.5, 0.6) is 23.0 Å². The number of esters is 1. The number of methoxy groups -OCH3 is 1. The summed E-state index contributed by atoms with van der Waals surface area (Å²) in [6, 6.07) is 8.30. The van der Waals surface area contributed by atoms with Gasteiger partial charge in [-0.25, -0.2) is 0 Å². The average molecular weight is 941 g/mol. The molecule has 0 radical (unpaired) electrons. The first-order valence-corrected chi connectivity index (χ1v) is 22.8. The number of nitrogens with zero attached hydrogens (tertiary/aromatic N) is 3. The van der Waals surface area contributed by atoms with Crippen molar-refractivity contribution in [3.05, 3.63) is 88.7 Å². The van der Waals surface area contributed by atoms with E-state index in [1.165, 1.54) is 59.4 Å². The van der Waals surface area contributed by atoms with E-state index in [1.807, 2.05) is 19.9 Å². The summed E-state index contributed by atoms with van der Waals surface area (Å²) in [6.45, 7) is 16.8. The van der Waals surface area contributed by atoms with E-state index in [1.54, 1.807) is 74.0 Å². The summed E-state index contributed by atoms with van der Waals surface area (Å²) in [5.74, 6) is -8.94. The maximum Gasteiger partial charge on any atom is 0.312 e. The number of phenolic OH excluding ortho intramolecular Hbond substituents is 3. The summed E-state index contributed by atoms with van der Waals surface area (Å²) in [4.78, 5) is 56.3. The lowest BCUT2D eigenvalue weighted by Gasteiger charge is -2.43. The van der Waals surface area contributed by atoms with Crippen molar-refractivity contribution in [2.75, 3.05) is 25.5 Å². The molecule has 7 rings (SSSR count). The zero-order chi connectivity index (χ0) is 50.1. The number of fused-ring (bicyclic) bond motifs is 14. The number of benzene rings is 3. The third-order valence-electron chi connectivity index (χ3n) is 13.5. The molecule has 4 heterocycles. The number of carbonyl (C=O) groups excluding carboxylic acids is 4. The molecule has 0 aromatic heterocycles. The highest BCUT2D eigenvalue weighted by Gasteiger charge is 2.50. The zero-order valence-electron chi connectivity index (χ0n) is 40.4. The first kappa shape index (κ1) is 51.0. The second kappa shape index (κ2) is 20.4. The summed E-state index contributed by atoms with van der Waals surface area (Å²) in [7, 11) is 1.43. The molecule has 3 aromatic rings. The van der Waals surface area contributed by atoms with Gasteiger partial charge in [0.15, 0.2) is 5.75 Å². The number of aliphatic hydroxyl groups is 2. The number of piperazine rings is 1. The van der Waals surface area contributed by atoms with Crippen molar-refractivity contribution < 1.29 is 63.7 Å². The van der Waals surface area contributed by atoms with Gasteiger partial charge in [-0.1, -0.05) is 64.1 Å². The molecule has 68 heavy (non-hydrogen) atoms. The number of carbonyl (C=O) groups is 4. The predicted octanol–water partition coefficient (Wildman–Crippen LogP) is 6.32. The molecule has 5 bridgehead atoms. The SMILES string of the molecule is COC1C=COC2(C)Oc3c(C)c(O)c4c(O)c(c(/C=N/N5CC(C)N(C(=O)c6ccccc6)C(C)C5)c(O)c4c3C2=O)NC(=O)C(C)=CC=CC(C)C(O)C(C)C(O)C(C)C(OC(C)=O)C1C. The molecule has 0 aliphatic carbocycles. The summed E-state index contributed by atoms with van der Waals surface area (Å²) in [5.41, 5.74) is -0.0701. The van der Waals surface area contributed by atoms with Crippen molar-refractivity contribution in [2.24, 2.45) is 28.8 Å². The van der Waals surface area contributed by atoms with Crippen LogP contribution < -0.4 is 10.1 Å². The van der Waals surface area contributed by atoms with Crippen molar-refractivity contribution in [3.63, 3.8) is 0 Å². The number of nitrogens with one attached hydrogen (secondary N) is 1. The van der Waals surface area contributed by atoms with E-state index in [0.29, 0.717) is 5.56 Å². The quantitative estimate of drug-likeness (QED) is 0.0711. The number of ketones is 1. The van der Waals surface area contributed by atoms with Gasteiger partial charge in [0.05, 0.1) is 66.1 Å². The van der Waals surface area contributed by atoms with Crippen molar-refractivity contribution in [1.29, 1.82) is 0 Å². The van der Waals surface area contributed by atoms with E-state index < -0.39 is 88.8 Å². The van der Waals surface area contributed by atoms with Gasteiger partial charge in [0.25, 0.3) is 17.6 Å². The van der Waals surface area contributed by atoms with Crippen LogP contribution in [0.25, 0.3) is 10.8 Å². The highest BCUT2D eigenvalue weighted by Crippen LogP contribution is 2.55. The molecule has 17 heteroatoms. The molecule has 1 fully saturated rings. The number of Topliss-reactive ketones (excluding diaryl/α,β-unsaturated/α-hetero) is 1. The Bertz CT molecular complexity index is 2550. The Balaban J connectivity index is 1.48. The van der Waals surface area contributed by atoms with Crippen LogP contribution in [0.2, 0.25) is 0 Å². The zero-order valence-corrected chi connectivity index (χ0v) is 40.4. The number of ether oxygens (including phenoxy) is 4. The number of anilines is 1. The van der Waals surface area contributed by atoms with Crippen LogP contribution in [0.1, 0.15) is 94.2 Å². The van der Waals surface area contributed by atoms with Crippen molar-refractivity contribution in [1.82, 2.24) is 9.91 Å². The number of hydrazone groups is 1. The number of phenols is 3. The monoisotopic (exact) mass is 940 g/mol.